The second-order valence-electron chi connectivity index (χ2n) is 3.57. The molecule has 0 aliphatic heterocycles. The van der Waals surface area contributed by atoms with Gasteiger partial charge in [0.15, 0.2) is 0 Å². The lowest BCUT2D eigenvalue weighted by Crippen LogP contribution is -2.55. The van der Waals surface area contributed by atoms with Gasteiger partial charge in [0.1, 0.15) is 17.6 Å². The number of anilines is 1. The zero-order valence-electron chi connectivity index (χ0n) is 9.12. The van der Waals surface area contributed by atoms with Crippen LogP contribution in [-0.4, -0.2) is 27.8 Å². The van der Waals surface area contributed by atoms with E-state index >= 15 is 0 Å². The van der Waals surface area contributed by atoms with E-state index in [4.69, 9.17) is 10.4 Å². The predicted octanol–water partition coefficient (Wildman–Crippen LogP) is 1.77. The lowest BCUT2D eigenvalue weighted by Gasteiger charge is -2.28. The molecule has 1 unspecified atom stereocenters. The molecule has 0 aliphatic carbocycles. The van der Waals surface area contributed by atoms with Gasteiger partial charge in [-0.25, -0.2) is 9.78 Å². The minimum absolute atomic E-state index is 0.116. The molecule has 0 bridgehead atoms. The molecule has 0 fully saturated rings. The minimum atomic E-state index is -5.01. The number of alkyl halides is 3. The molecule has 0 saturated heterocycles. The maximum Gasteiger partial charge on any atom is 0.422 e. The molecule has 0 radical (unpaired) electrons. The maximum absolute atomic E-state index is 12.7. The summed E-state index contributed by atoms with van der Waals surface area (Å²) in [5.41, 5.74) is -3.29. The highest BCUT2D eigenvalue weighted by molar-refractivity contribution is 5.83. The van der Waals surface area contributed by atoms with Crippen LogP contribution in [0.25, 0.3) is 0 Å². The molecular weight excluding hydrogens is 251 g/mol. The van der Waals surface area contributed by atoms with Gasteiger partial charge in [-0.2, -0.15) is 18.4 Å². The number of hydrogen-bond donors (Lipinski definition) is 2. The number of nitrogens with zero attached hydrogens (tertiary/aromatic N) is 2. The summed E-state index contributed by atoms with van der Waals surface area (Å²) in [7, 11) is 0. The number of aromatic nitrogens is 1. The fourth-order valence-corrected chi connectivity index (χ4v) is 1.07. The lowest BCUT2D eigenvalue weighted by molar-refractivity contribution is -0.192. The van der Waals surface area contributed by atoms with E-state index in [2.05, 4.69) is 4.98 Å². The Morgan fingerprint density at radius 2 is 2.11 bits per heavy atom. The molecule has 1 aromatic heterocycles. The van der Waals surface area contributed by atoms with Crippen molar-refractivity contribution in [2.24, 2.45) is 0 Å². The summed E-state index contributed by atoms with van der Waals surface area (Å²) in [6.45, 7) is 0.482. The van der Waals surface area contributed by atoms with E-state index in [1.54, 1.807) is 11.4 Å². The summed E-state index contributed by atoms with van der Waals surface area (Å²) >= 11 is 0. The van der Waals surface area contributed by atoms with Crippen LogP contribution >= 0.6 is 0 Å². The number of nitrogens with one attached hydrogen (secondary N) is 1. The first-order chi connectivity index (χ1) is 8.20. The highest BCUT2D eigenvalue weighted by atomic mass is 19.4. The Morgan fingerprint density at radius 3 is 2.56 bits per heavy atom. The zero-order valence-corrected chi connectivity index (χ0v) is 9.12. The number of carboxylic acid groups (broad SMARTS) is 1. The Labute approximate surface area is 99.9 Å². The first-order valence-corrected chi connectivity index (χ1v) is 4.66. The van der Waals surface area contributed by atoms with Crippen LogP contribution in [0.4, 0.5) is 19.0 Å². The largest absolute Gasteiger partial charge is 0.479 e. The third-order valence-electron chi connectivity index (χ3n) is 2.24. The molecule has 96 valence electrons. The van der Waals surface area contributed by atoms with Crippen molar-refractivity contribution < 1.29 is 23.1 Å². The Balaban J connectivity index is 3.13. The van der Waals surface area contributed by atoms with Crippen LogP contribution < -0.4 is 5.32 Å². The number of carboxylic acids is 1. The Bertz CT molecular complexity index is 510. The number of rotatable bonds is 3. The van der Waals surface area contributed by atoms with Gasteiger partial charge in [0.05, 0.1) is 0 Å². The van der Waals surface area contributed by atoms with E-state index in [9.17, 15) is 18.0 Å². The summed E-state index contributed by atoms with van der Waals surface area (Å²) in [6, 6.07) is 5.37. The maximum atomic E-state index is 12.7. The van der Waals surface area contributed by atoms with Gasteiger partial charge >= 0.3 is 12.1 Å². The average molecular weight is 259 g/mol. The van der Waals surface area contributed by atoms with Crippen LogP contribution in [0.5, 0.6) is 0 Å². The molecule has 1 rings (SSSR count). The molecule has 0 spiro atoms. The van der Waals surface area contributed by atoms with Crippen LogP contribution in [0.3, 0.4) is 0 Å². The van der Waals surface area contributed by atoms with E-state index in [1.165, 1.54) is 12.1 Å². The van der Waals surface area contributed by atoms with Crippen LogP contribution in [0.15, 0.2) is 18.2 Å². The predicted molar refractivity (Wildman–Crippen MR) is 54.7 cm³/mol. The van der Waals surface area contributed by atoms with Gasteiger partial charge in [-0.15, -0.1) is 0 Å². The van der Waals surface area contributed by atoms with Gasteiger partial charge in [0.25, 0.3) is 0 Å². The molecule has 1 atom stereocenters. The van der Waals surface area contributed by atoms with Crippen LogP contribution in [-0.2, 0) is 4.79 Å². The molecule has 0 saturated carbocycles. The van der Waals surface area contributed by atoms with E-state index in [0.717, 1.165) is 6.07 Å². The molecule has 0 aliphatic rings. The number of hydrogen-bond acceptors (Lipinski definition) is 4. The molecule has 1 heterocycles. The van der Waals surface area contributed by atoms with Crippen LogP contribution in [0.2, 0.25) is 0 Å². The van der Waals surface area contributed by atoms with Gasteiger partial charge in [0, 0.05) is 0 Å². The summed E-state index contributed by atoms with van der Waals surface area (Å²) < 4.78 is 38.1. The normalized spacial score (nSPS) is 14.4. The molecule has 0 amide bonds. The van der Waals surface area contributed by atoms with Crippen molar-refractivity contribution in [2.45, 2.75) is 18.6 Å². The number of halogens is 3. The van der Waals surface area contributed by atoms with Crippen LogP contribution in [0, 0.1) is 11.3 Å². The van der Waals surface area contributed by atoms with Gasteiger partial charge in [-0.1, -0.05) is 6.07 Å². The molecule has 0 aromatic carbocycles. The average Bonchev–Trinajstić information content (AvgIpc) is 2.27. The van der Waals surface area contributed by atoms with Crippen molar-refractivity contribution in [3.63, 3.8) is 0 Å². The quantitative estimate of drug-likeness (QED) is 0.863. The molecular formula is C10H8F3N3O2. The summed E-state index contributed by atoms with van der Waals surface area (Å²) in [5.74, 6) is -2.42. The number of nitriles is 1. The molecule has 2 N–H and O–H groups in total. The van der Waals surface area contributed by atoms with E-state index in [-0.39, 0.29) is 11.5 Å². The Kier molecular flexibility index (Phi) is 3.46. The van der Waals surface area contributed by atoms with Crippen molar-refractivity contribution >= 4 is 11.8 Å². The van der Waals surface area contributed by atoms with Gasteiger partial charge in [-0.3, -0.25) is 0 Å². The van der Waals surface area contributed by atoms with Gasteiger partial charge in [0.2, 0.25) is 5.54 Å². The van der Waals surface area contributed by atoms with Crippen molar-refractivity contribution in [2.75, 3.05) is 5.32 Å². The lowest BCUT2D eigenvalue weighted by atomic mass is 10.0. The number of aliphatic carboxylic acids is 1. The second kappa shape index (κ2) is 4.52. The number of carbonyl (C=O) groups is 1. The Hall–Kier alpha value is -2.30. The fraction of sp³-hybridized carbons (Fsp3) is 0.300. The SMILES string of the molecule is CC(Nc1cccc(C#N)n1)(C(=O)O)C(F)(F)F. The molecule has 1 aromatic rings. The topological polar surface area (TPSA) is 86.0 Å². The van der Waals surface area contributed by atoms with Crippen molar-refractivity contribution in [1.82, 2.24) is 4.98 Å². The van der Waals surface area contributed by atoms with Crippen molar-refractivity contribution in [3.8, 4) is 6.07 Å². The summed E-state index contributed by atoms with van der Waals surface area (Å²) in [4.78, 5) is 14.3. The monoisotopic (exact) mass is 259 g/mol. The summed E-state index contributed by atoms with van der Waals surface area (Å²) in [6.07, 6.45) is -5.01. The first-order valence-electron chi connectivity index (χ1n) is 4.66. The minimum Gasteiger partial charge on any atom is -0.479 e. The smallest absolute Gasteiger partial charge is 0.422 e. The van der Waals surface area contributed by atoms with E-state index < -0.39 is 17.7 Å². The Morgan fingerprint density at radius 1 is 1.50 bits per heavy atom. The molecule has 5 nitrogen and oxygen atoms in total. The van der Waals surface area contributed by atoms with Gasteiger partial charge < -0.3 is 10.4 Å². The third-order valence-corrected chi connectivity index (χ3v) is 2.24. The van der Waals surface area contributed by atoms with Crippen molar-refractivity contribution in [3.05, 3.63) is 23.9 Å². The molecule has 8 heteroatoms. The highest BCUT2D eigenvalue weighted by Crippen LogP contribution is 2.33. The first kappa shape index (κ1) is 13.8. The molecule has 18 heavy (non-hydrogen) atoms. The second-order valence-corrected chi connectivity index (χ2v) is 3.57. The third kappa shape index (κ3) is 2.51. The zero-order chi connectivity index (χ0) is 14.0. The van der Waals surface area contributed by atoms with Crippen molar-refractivity contribution in [1.29, 1.82) is 5.26 Å². The fourth-order valence-electron chi connectivity index (χ4n) is 1.07. The van der Waals surface area contributed by atoms with E-state index in [0.29, 0.717) is 6.92 Å². The number of pyridine rings is 1. The van der Waals surface area contributed by atoms with E-state index in [1.807, 2.05) is 0 Å². The summed E-state index contributed by atoms with van der Waals surface area (Å²) in [5, 5.41) is 19.0. The van der Waals surface area contributed by atoms with Crippen LogP contribution in [0.1, 0.15) is 12.6 Å². The highest BCUT2D eigenvalue weighted by Gasteiger charge is 2.57. The van der Waals surface area contributed by atoms with Gasteiger partial charge in [-0.05, 0) is 19.1 Å². The standard InChI is InChI=1S/C10H8F3N3O2/c1-9(8(17)18,10(11,12)13)16-7-4-2-3-6(5-14)15-7/h2-4H,1H3,(H,15,16)(H,17,18).